The van der Waals surface area contributed by atoms with Gasteiger partial charge in [0.2, 0.25) is 17.7 Å². The summed E-state index contributed by atoms with van der Waals surface area (Å²) in [6.45, 7) is 2.29. The van der Waals surface area contributed by atoms with Gasteiger partial charge in [0.1, 0.15) is 6.54 Å². The van der Waals surface area contributed by atoms with E-state index >= 15 is 0 Å². The van der Waals surface area contributed by atoms with Crippen molar-refractivity contribution >= 4 is 17.7 Å². The van der Waals surface area contributed by atoms with Gasteiger partial charge >= 0.3 is 0 Å². The third-order valence-electron chi connectivity index (χ3n) is 4.94. The summed E-state index contributed by atoms with van der Waals surface area (Å²) in [5, 5.41) is 4.23. The van der Waals surface area contributed by atoms with Crippen molar-refractivity contribution in [1.82, 2.24) is 24.5 Å². The number of hydrogen-bond acceptors (Lipinski definition) is 4. The predicted octanol–water partition coefficient (Wildman–Crippen LogP) is -0.494. The maximum absolute atomic E-state index is 12.9. The van der Waals surface area contributed by atoms with E-state index in [-0.39, 0.29) is 43.4 Å². The SMILES string of the molecule is Cc1c([C@@H]2[C@@H](C(=O)N3CC(=O)N(C)C3)CC(=O)N2C)cnn1C. The molecule has 0 aromatic carbocycles. The number of carbonyl (C=O) groups excluding carboxylic acids is 3. The molecule has 2 fully saturated rings. The third kappa shape index (κ3) is 2.38. The maximum atomic E-state index is 12.9. The monoisotopic (exact) mass is 319 g/mol. The fraction of sp³-hybridized carbons (Fsp3) is 0.600. The van der Waals surface area contributed by atoms with Crippen LogP contribution in [0.4, 0.5) is 0 Å². The van der Waals surface area contributed by atoms with Crippen molar-refractivity contribution in [2.45, 2.75) is 19.4 Å². The third-order valence-corrected chi connectivity index (χ3v) is 4.94. The standard InChI is InChI=1S/C15H21N5O3/c1-9-11(6-16-19(9)4)14-10(5-12(21)18(14)3)15(23)20-7-13(22)17(2)8-20/h6,10,14H,5,7-8H2,1-4H3/t10-,14-/m0/s1. The van der Waals surface area contributed by atoms with Crippen LogP contribution in [0.1, 0.15) is 23.7 Å². The minimum atomic E-state index is -0.477. The van der Waals surface area contributed by atoms with Crippen molar-refractivity contribution in [1.29, 1.82) is 0 Å². The van der Waals surface area contributed by atoms with E-state index in [1.165, 1.54) is 9.80 Å². The molecular weight excluding hydrogens is 298 g/mol. The summed E-state index contributed by atoms with van der Waals surface area (Å²) in [6.07, 6.45) is 1.89. The van der Waals surface area contributed by atoms with Crippen molar-refractivity contribution in [3.63, 3.8) is 0 Å². The van der Waals surface area contributed by atoms with Gasteiger partial charge in [0.05, 0.1) is 24.8 Å². The van der Waals surface area contributed by atoms with Gasteiger partial charge in [0.15, 0.2) is 0 Å². The Labute approximate surface area is 134 Å². The van der Waals surface area contributed by atoms with E-state index in [1.807, 2.05) is 14.0 Å². The quantitative estimate of drug-likeness (QED) is 0.737. The second-order valence-electron chi connectivity index (χ2n) is 6.34. The predicted molar refractivity (Wildman–Crippen MR) is 80.9 cm³/mol. The molecule has 2 saturated heterocycles. The molecule has 0 bridgehead atoms. The Morgan fingerprint density at radius 1 is 1.22 bits per heavy atom. The van der Waals surface area contributed by atoms with E-state index in [4.69, 9.17) is 0 Å². The van der Waals surface area contributed by atoms with Crippen LogP contribution in [0.15, 0.2) is 6.20 Å². The fourth-order valence-corrected chi connectivity index (χ4v) is 3.37. The van der Waals surface area contributed by atoms with E-state index in [1.54, 1.807) is 29.9 Å². The number of hydrogen-bond donors (Lipinski definition) is 0. The van der Waals surface area contributed by atoms with Crippen LogP contribution in [0, 0.1) is 12.8 Å². The summed E-state index contributed by atoms with van der Waals surface area (Å²) in [7, 11) is 5.22. The lowest BCUT2D eigenvalue weighted by Gasteiger charge is -2.27. The molecule has 0 unspecified atom stereocenters. The summed E-state index contributed by atoms with van der Waals surface area (Å²) in [6, 6.07) is -0.329. The molecule has 0 aliphatic carbocycles. The molecule has 3 heterocycles. The highest BCUT2D eigenvalue weighted by atomic mass is 16.2. The Morgan fingerprint density at radius 2 is 1.91 bits per heavy atom. The summed E-state index contributed by atoms with van der Waals surface area (Å²) in [5.41, 5.74) is 1.82. The first kappa shape index (κ1) is 15.5. The molecular formula is C15H21N5O3. The highest BCUT2D eigenvalue weighted by molar-refractivity contribution is 5.93. The summed E-state index contributed by atoms with van der Waals surface area (Å²) >= 11 is 0. The van der Waals surface area contributed by atoms with Gasteiger partial charge in [0, 0.05) is 38.8 Å². The van der Waals surface area contributed by atoms with Crippen molar-refractivity contribution < 1.29 is 14.4 Å². The zero-order chi connectivity index (χ0) is 16.9. The number of carbonyl (C=O) groups is 3. The van der Waals surface area contributed by atoms with E-state index < -0.39 is 5.92 Å². The first-order chi connectivity index (χ1) is 10.8. The molecule has 1 aromatic rings. The molecule has 124 valence electrons. The van der Waals surface area contributed by atoms with Gasteiger partial charge in [0.25, 0.3) is 0 Å². The van der Waals surface area contributed by atoms with Gasteiger partial charge in [-0.2, -0.15) is 5.10 Å². The lowest BCUT2D eigenvalue weighted by molar-refractivity contribution is -0.136. The highest BCUT2D eigenvalue weighted by Crippen LogP contribution is 2.39. The molecule has 0 radical (unpaired) electrons. The normalized spacial score (nSPS) is 25.0. The van der Waals surface area contributed by atoms with Gasteiger partial charge in [-0.25, -0.2) is 0 Å². The number of likely N-dealkylation sites (tertiary alicyclic amines) is 1. The van der Waals surface area contributed by atoms with Gasteiger partial charge in [-0.1, -0.05) is 0 Å². The molecule has 0 N–H and O–H groups in total. The van der Waals surface area contributed by atoms with Crippen LogP contribution in [0.5, 0.6) is 0 Å². The molecule has 3 rings (SSSR count). The molecule has 8 heteroatoms. The Kier molecular flexibility index (Phi) is 3.62. The minimum Gasteiger partial charge on any atom is -0.338 e. The number of nitrogens with zero attached hydrogens (tertiary/aromatic N) is 5. The molecule has 2 aliphatic rings. The van der Waals surface area contributed by atoms with Crippen molar-refractivity contribution in [2.75, 3.05) is 27.3 Å². The van der Waals surface area contributed by atoms with Gasteiger partial charge in [-0.05, 0) is 6.92 Å². The maximum Gasteiger partial charge on any atom is 0.243 e. The molecule has 0 spiro atoms. The summed E-state index contributed by atoms with van der Waals surface area (Å²) in [4.78, 5) is 41.4. The Bertz CT molecular complexity index is 683. The minimum absolute atomic E-state index is 0.0597. The number of amides is 3. The number of rotatable bonds is 2. The van der Waals surface area contributed by atoms with Crippen LogP contribution >= 0.6 is 0 Å². The summed E-state index contributed by atoms with van der Waals surface area (Å²) in [5.74, 6) is -0.760. The van der Waals surface area contributed by atoms with E-state index in [2.05, 4.69) is 5.10 Å². The lowest BCUT2D eigenvalue weighted by atomic mass is 9.93. The highest BCUT2D eigenvalue weighted by Gasteiger charge is 2.46. The zero-order valence-corrected chi connectivity index (χ0v) is 13.8. The van der Waals surface area contributed by atoms with Crippen molar-refractivity contribution in [3.05, 3.63) is 17.5 Å². The fourth-order valence-electron chi connectivity index (χ4n) is 3.37. The van der Waals surface area contributed by atoms with E-state index in [0.29, 0.717) is 0 Å². The molecule has 8 nitrogen and oxygen atoms in total. The first-order valence-corrected chi connectivity index (χ1v) is 7.58. The molecule has 2 atom stereocenters. The van der Waals surface area contributed by atoms with Gasteiger partial charge in [-0.3, -0.25) is 19.1 Å². The first-order valence-electron chi connectivity index (χ1n) is 7.58. The van der Waals surface area contributed by atoms with Crippen molar-refractivity contribution in [2.24, 2.45) is 13.0 Å². The van der Waals surface area contributed by atoms with Crippen molar-refractivity contribution in [3.8, 4) is 0 Å². The average Bonchev–Trinajstić information content (AvgIpc) is 3.11. The van der Waals surface area contributed by atoms with E-state index in [9.17, 15) is 14.4 Å². The van der Waals surface area contributed by atoms with Crippen LogP contribution in [0.3, 0.4) is 0 Å². The van der Waals surface area contributed by atoms with Crippen LogP contribution in [0.25, 0.3) is 0 Å². The van der Waals surface area contributed by atoms with Gasteiger partial charge < -0.3 is 14.7 Å². The zero-order valence-electron chi connectivity index (χ0n) is 13.8. The second-order valence-corrected chi connectivity index (χ2v) is 6.34. The van der Waals surface area contributed by atoms with Gasteiger partial charge in [-0.15, -0.1) is 0 Å². The number of aromatic nitrogens is 2. The Hall–Kier alpha value is -2.38. The second kappa shape index (κ2) is 5.36. The number of likely N-dealkylation sites (N-methyl/N-ethyl adjacent to an activating group) is 1. The molecule has 2 aliphatic heterocycles. The molecule has 23 heavy (non-hydrogen) atoms. The van der Waals surface area contributed by atoms with E-state index in [0.717, 1.165) is 11.3 Å². The van der Waals surface area contributed by atoms with Crippen LogP contribution in [-0.2, 0) is 21.4 Å². The number of aryl methyl sites for hydroxylation is 1. The van der Waals surface area contributed by atoms with Crippen LogP contribution < -0.4 is 0 Å². The molecule has 1 aromatic heterocycles. The van der Waals surface area contributed by atoms with Crippen LogP contribution in [0.2, 0.25) is 0 Å². The largest absolute Gasteiger partial charge is 0.338 e. The topological polar surface area (TPSA) is 78.8 Å². The molecule has 0 saturated carbocycles. The smallest absolute Gasteiger partial charge is 0.243 e. The Morgan fingerprint density at radius 3 is 2.43 bits per heavy atom. The average molecular weight is 319 g/mol. The lowest BCUT2D eigenvalue weighted by Crippen LogP contribution is -2.38. The Balaban J connectivity index is 1.91. The summed E-state index contributed by atoms with van der Waals surface area (Å²) < 4.78 is 1.74. The molecule has 3 amide bonds. The van der Waals surface area contributed by atoms with Crippen LogP contribution in [-0.4, -0.2) is 69.5 Å².